The van der Waals surface area contributed by atoms with Gasteiger partial charge in [0.15, 0.2) is 0 Å². The molecule has 0 fully saturated rings. The van der Waals surface area contributed by atoms with E-state index < -0.39 is 5.91 Å². The zero-order valence-corrected chi connectivity index (χ0v) is 17.6. The van der Waals surface area contributed by atoms with Gasteiger partial charge in [0.2, 0.25) is 0 Å². The number of hydrogen-bond acceptors (Lipinski definition) is 4. The van der Waals surface area contributed by atoms with Gasteiger partial charge >= 0.3 is 0 Å². The summed E-state index contributed by atoms with van der Waals surface area (Å²) < 4.78 is 0. The Morgan fingerprint density at radius 3 is 2.12 bits per heavy atom. The molecule has 0 saturated carbocycles. The van der Waals surface area contributed by atoms with Crippen molar-refractivity contribution in [2.75, 3.05) is 5.32 Å². The third kappa shape index (κ3) is 4.18. The first kappa shape index (κ1) is 20.8. The van der Waals surface area contributed by atoms with Crippen LogP contribution in [0.15, 0.2) is 83.4 Å². The Kier molecular flexibility index (Phi) is 5.65. The van der Waals surface area contributed by atoms with Gasteiger partial charge in [-0.15, -0.1) is 0 Å². The van der Waals surface area contributed by atoms with Crippen molar-refractivity contribution in [1.82, 2.24) is 5.32 Å². The Morgan fingerprint density at radius 1 is 0.844 bits per heavy atom. The number of anilines is 1. The minimum absolute atomic E-state index is 0.124. The van der Waals surface area contributed by atoms with Crippen LogP contribution in [0.5, 0.6) is 0 Å². The molecule has 0 radical (unpaired) electrons. The molecule has 0 aliphatic carbocycles. The summed E-state index contributed by atoms with van der Waals surface area (Å²) in [5.74, 6) is -0.573. The van der Waals surface area contributed by atoms with Crippen LogP contribution < -0.4 is 10.6 Å². The molecule has 0 aromatic heterocycles. The summed E-state index contributed by atoms with van der Waals surface area (Å²) in [6.07, 6.45) is 0. The third-order valence-electron chi connectivity index (χ3n) is 4.98. The number of amides is 2. The highest BCUT2D eigenvalue weighted by atomic mass is 16.2. The van der Waals surface area contributed by atoms with E-state index in [0.717, 1.165) is 11.1 Å². The lowest BCUT2D eigenvalue weighted by atomic mass is 10.0. The molecule has 156 valence electrons. The molecule has 4 rings (SSSR count). The fourth-order valence-electron chi connectivity index (χ4n) is 3.64. The number of carbonyl (C=O) groups excluding carboxylic acids is 2. The Balaban J connectivity index is 1.70. The molecule has 0 bridgehead atoms. The van der Waals surface area contributed by atoms with Crippen molar-refractivity contribution < 1.29 is 9.59 Å². The van der Waals surface area contributed by atoms with Crippen molar-refractivity contribution >= 4 is 29.0 Å². The molecule has 6 nitrogen and oxygen atoms in total. The zero-order valence-electron chi connectivity index (χ0n) is 17.6. The molecule has 1 aliphatic rings. The largest absolute Gasteiger partial charge is 0.321 e. The van der Waals surface area contributed by atoms with E-state index in [4.69, 9.17) is 0 Å². The van der Waals surface area contributed by atoms with E-state index >= 15 is 0 Å². The predicted molar refractivity (Wildman–Crippen MR) is 124 cm³/mol. The highest BCUT2D eigenvalue weighted by molar-refractivity contribution is 6.21. The summed E-state index contributed by atoms with van der Waals surface area (Å²) in [4.78, 5) is 30.1. The van der Waals surface area contributed by atoms with Crippen LogP contribution in [-0.2, 0) is 4.79 Å². The zero-order chi connectivity index (χ0) is 22.7. The summed E-state index contributed by atoms with van der Waals surface area (Å²) in [5, 5.41) is 15.4. The number of nitrogens with one attached hydrogen (secondary N) is 2. The lowest BCUT2D eigenvalue weighted by Crippen LogP contribution is -2.30. The lowest BCUT2D eigenvalue weighted by Gasteiger charge is -2.08. The molecule has 2 amide bonds. The average Bonchev–Trinajstić information content (AvgIpc) is 3.12. The molecule has 6 heteroatoms. The monoisotopic (exact) mass is 420 g/mol. The fraction of sp³-hybridized carbons (Fsp3) is 0.0769. The Morgan fingerprint density at radius 2 is 1.47 bits per heavy atom. The number of aliphatic imine (C=N–C) groups is 1. The maximum atomic E-state index is 13.0. The second-order valence-corrected chi connectivity index (χ2v) is 7.49. The molecule has 0 atom stereocenters. The van der Waals surface area contributed by atoms with Crippen LogP contribution in [0, 0.1) is 25.2 Å². The van der Waals surface area contributed by atoms with Crippen molar-refractivity contribution in [1.29, 1.82) is 5.26 Å². The molecular weight excluding hydrogens is 400 g/mol. The summed E-state index contributed by atoms with van der Waals surface area (Å²) in [7, 11) is 0. The van der Waals surface area contributed by atoms with E-state index in [-0.39, 0.29) is 17.2 Å². The maximum absolute atomic E-state index is 13.0. The quantitative estimate of drug-likeness (QED) is 0.487. The number of carbonyl (C=O) groups is 2. The summed E-state index contributed by atoms with van der Waals surface area (Å²) in [6, 6.07) is 23.6. The molecule has 2 N–H and O–H groups in total. The van der Waals surface area contributed by atoms with Gasteiger partial charge in [0.05, 0.1) is 5.70 Å². The maximum Gasteiger partial charge on any atom is 0.268 e. The number of benzene rings is 3. The molecule has 3 aromatic carbocycles. The van der Waals surface area contributed by atoms with Gasteiger partial charge in [-0.2, -0.15) is 5.26 Å². The van der Waals surface area contributed by atoms with Crippen LogP contribution in [0.2, 0.25) is 0 Å². The number of amidine groups is 1. The van der Waals surface area contributed by atoms with E-state index in [9.17, 15) is 14.9 Å². The van der Waals surface area contributed by atoms with Crippen LogP contribution in [0.3, 0.4) is 0 Å². The first-order chi connectivity index (χ1) is 15.5. The minimum atomic E-state index is -0.554. The van der Waals surface area contributed by atoms with Crippen molar-refractivity contribution in [2.45, 2.75) is 13.8 Å². The normalized spacial score (nSPS) is 13.5. The van der Waals surface area contributed by atoms with Crippen molar-refractivity contribution in [3.8, 4) is 6.07 Å². The molecule has 0 unspecified atom stereocenters. The smallest absolute Gasteiger partial charge is 0.268 e. The first-order valence-corrected chi connectivity index (χ1v) is 10.0. The van der Waals surface area contributed by atoms with Gasteiger partial charge in [0.1, 0.15) is 17.5 Å². The summed E-state index contributed by atoms with van der Waals surface area (Å²) >= 11 is 0. The second-order valence-electron chi connectivity index (χ2n) is 7.49. The Bertz CT molecular complexity index is 1310. The van der Waals surface area contributed by atoms with Gasteiger partial charge in [0.25, 0.3) is 11.8 Å². The van der Waals surface area contributed by atoms with Gasteiger partial charge in [-0.3, -0.25) is 9.59 Å². The van der Waals surface area contributed by atoms with Crippen molar-refractivity contribution in [2.24, 2.45) is 4.99 Å². The Hall–Kier alpha value is -4.50. The molecular formula is C26H20N4O2. The van der Waals surface area contributed by atoms with Gasteiger partial charge in [-0.05, 0) is 49.2 Å². The molecule has 0 saturated heterocycles. The van der Waals surface area contributed by atoms with Gasteiger partial charge in [0, 0.05) is 22.4 Å². The molecule has 3 aromatic rings. The topological polar surface area (TPSA) is 94.3 Å². The molecule has 0 spiro atoms. The predicted octanol–water partition coefficient (Wildman–Crippen LogP) is 4.37. The highest BCUT2D eigenvalue weighted by Crippen LogP contribution is 2.31. The average molecular weight is 420 g/mol. The highest BCUT2D eigenvalue weighted by Gasteiger charge is 2.27. The molecule has 1 heterocycles. The van der Waals surface area contributed by atoms with Crippen LogP contribution >= 0.6 is 0 Å². The van der Waals surface area contributed by atoms with Gasteiger partial charge in [-0.25, -0.2) is 4.99 Å². The van der Waals surface area contributed by atoms with E-state index in [2.05, 4.69) is 15.6 Å². The molecule has 1 aliphatic heterocycles. The molecule has 32 heavy (non-hydrogen) atoms. The van der Waals surface area contributed by atoms with Crippen molar-refractivity contribution in [3.63, 3.8) is 0 Å². The number of fused-ring (bicyclic) bond motifs is 1. The van der Waals surface area contributed by atoms with E-state index in [1.54, 1.807) is 42.5 Å². The lowest BCUT2D eigenvalue weighted by molar-refractivity contribution is -0.112. The summed E-state index contributed by atoms with van der Waals surface area (Å²) in [6.45, 7) is 3.87. The SMILES string of the molecule is Cc1cc(C)cc(NC(=O)/C(C#N)=C2\N=C(NC(=O)c3ccccc3)c3ccccc32)c1. The number of nitrogens with zero attached hydrogens (tertiary/aromatic N) is 2. The fourth-order valence-corrected chi connectivity index (χ4v) is 3.64. The number of hydrogen-bond donors (Lipinski definition) is 2. The van der Waals surface area contributed by atoms with Crippen LogP contribution in [0.1, 0.15) is 32.6 Å². The van der Waals surface area contributed by atoms with E-state index in [1.807, 2.05) is 50.2 Å². The second kappa shape index (κ2) is 8.70. The third-order valence-corrected chi connectivity index (χ3v) is 4.98. The van der Waals surface area contributed by atoms with Gasteiger partial charge < -0.3 is 10.6 Å². The van der Waals surface area contributed by atoms with E-state index in [1.165, 1.54) is 0 Å². The standard InChI is InChI=1S/C26H20N4O2/c1-16-12-17(2)14-19(13-16)28-26(32)22(15-27)23-20-10-6-7-11-21(20)24(29-23)30-25(31)18-8-4-3-5-9-18/h3-14H,1-2H3,(H,28,32)(H,29,30,31)/b23-22-. The van der Waals surface area contributed by atoms with Crippen molar-refractivity contribution in [3.05, 3.63) is 106 Å². The van der Waals surface area contributed by atoms with Crippen LogP contribution in [0.25, 0.3) is 5.70 Å². The Labute approximate surface area is 185 Å². The van der Waals surface area contributed by atoms with Crippen LogP contribution in [0.4, 0.5) is 5.69 Å². The van der Waals surface area contributed by atoms with Gasteiger partial charge in [-0.1, -0.05) is 48.5 Å². The number of rotatable bonds is 3. The van der Waals surface area contributed by atoms with E-state index in [0.29, 0.717) is 28.2 Å². The number of nitriles is 1. The number of aryl methyl sites for hydroxylation is 2. The van der Waals surface area contributed by atoms with Crippen LogP contribution in [-0.4, -0.2) is 17.6 Å². The minimum Gasteiger partial charge on any atom is -0.321 e. The first-order valence-electron chi connectivity index (χ1n) is 10.0. The summed E-state index contributed by atoms with van der Waals surface area (Å²) in [5.41, 5.74) is 4.46.